The van der Waals surface area contributed by atoms with E-state index in [1.165, 1.54) is 41.5 Å². The van der Waals surface area contributed by atoms with Gasteiger partial charge in [0.25, 0.3) is 0 Å². The Hall–Kier alpha value is -0.968. The molecule has 25 heavy (non-hydrogen) atoms. The van der Waals surface area contributed by atoms with E-state index in [1.54, 1.807) is 0 Å². The summed E-state index contributed by atoms with van der Waals surface area (Å²) in [5, 5.41) is 25.3. The van der Waals surface area contributed by atoms with Crippen LogP contribution in [0, 0.1) is 0 Å². The molecule has 0 rings (SSSR count). The molecule has 0 radical (unpaired) electrons. The first kappa shape index (κ1) is 31.8. The zero-order chi connectivity index (χ0) is 20.2. The average Bonchev–Trinajstić information content (AvgIpc) is 2.45. The van der Waals surface area contributed by atoms with Crippen LogP contribution in [0.5, 0.6) is 0 Å². The van der Waals surface area contributed by atoms with Crippen molar-refractivity contribution in [3.8, 4) is 0 Å². The van der Waals surface area contributed by atoms with Crippen LogP contribution < -0.4 is 0 Å². The Morgan fingerprint density at radius 3 is 0.640 bits per heavy atom. The number of halogens is 3. The monoisotopic (exact) mass is 454 g/mol. The first-order valence-electron chi connectivity index (χ1n) is 6.35. The van der Waals surface area contributed by atoms with Gasteiger partial charge in [-0.1, -0.05) is 34.8 Å². The largest absolute Gasteiger partial charge is 0.511 e. The molecule has 3 N–H and O–H groups in total. The molecule has 0 spiro atoms. The molecule has 144 valence electrons. The number of carbonyl (C=O) groups excluding carboxylic acids is 3. The molecule has 0 atom stereocenters. The van der Waals surface area contributed by atoms with Crippen molar-refractivity contribution in [3.05, 3.63) is 32.4 Å². The van der Waals surface area contributed by atoms with Gasteiger partial charge in [0.15, 0.2) is 17.3 Å². The number of hydrogen-bond donors (Lipinski definition) is 3. The molecule has 0 fully saturated rings. The third kappa shape index (κ3) is 19.2. The van der Waals surface area contributed by atoms with Gasteiger partial charge in [-0.05, 0) is 20.8 Å². The van der Waals surface area contributed by atoms with Crippen molar-refractivity contribution in [1.82, 2.24) is 0 Å². The number of hydrogen-bond acceptors (Lipinski definition) is 6. The number of allylic oxidation sites excluding steroid dienone is 6. The molecular formula is C15H21Cl3CrO6. The van der Waals surface area contributed by atoms with Crippen LogP contribution in [0.1, 0.15) is 41.5 Å². The molecule has 0 aromatic carbocycles. The Bertz CT molecular complexity index is 487. The molecule has 0 saturated carbocycles. The summed E-state index contributed by atoms with van der Waals surface area (Å²) in [4.78, 5) is 30.7. The molecule has 10 heteroatoms. The fourth-order valence-corrected chi connectivity index (χ4v) is 0.764. The molecule has 0 saturated heterocycles. The minimum Gasteiger partial charge on any atom is -0.511 e. The number of ketones is 3. The van der Waals surface area contributed by atoms with E-state index in [9.17, 15) is 14.4 Å². The van der Waals surface area contributed by atoms with Crippen molar-refractivity contribution >= 4 is 52.2 Å². The molecule has 0 amide bonds. The van der Waals surface area contributed by atoms with E-state index in [4.69, 9.17) is 50.1 Å². The fraction of sp³-hybridized carbons (Fsp3) is 0.400. The second kappa shape index (κ2) is 16.5. The van der Waals surface area contributed by atoms with Gasteiger partial charge in [0.1, 0.15) is 32.4 Å². The molecule has 0 aliphatic carbocycles. The van der Waals surface area contributed by atoms with Crippen LogP contribution >= 0.6 is 34.8 Å². The summed E-state index contributed by atoms with van der Waals surface area (Å²) in [5.74, 6) is -1.32. The summed E-state index contributed by atoms with van der Waals surface area (Å²) >= 11 is 15.7. The molecule has 0 heterocycles. The molecular weight excluding hydrogens is 435 g/mol. The number of rotatable bonds is 3. The van der Waals surface area contributed by atoms with Gasteiger partial charge >= 0.3 is 0 Å². The van der Waals surface area contributed by atoms with Crippen LogP contribution in [0.15, 0.2) is 32.4 Å². The van der Waals surface area contributed by atoms with Crippen LogP contribution in [0.2, 0.25) is 0 Å². The van der Waals surface area contributed by atoms with E-state index in [1.807, 2.05) is 0 Å². The van der Waals surface area contributed by atoms with Gasteiger partial charge in [-0.2, -0.15) is 0 Å². The van der Waals surface area contributed by atoms with E-state index >= 15 is 0 Å². The van der Waals surface area contributed by atoms with Crippen molar-refractivity contribution in [3.63, 3.8) is 0 Å². The minimum absolute atomic E-state index is 0. The SMILES string of the molecule is CC(=O)/C(Cl)=C(/C)O.CC(=O)/C(Cl)=C(/C)O.CC(=O)/C(Cl)=C(/C)O.[Cr]. The maximum absolute atomic E-state index is 10.2. The first-order chi connectivity index (χ1) is 10.7. The summed E-state index contributed by atoms with van der Waals surface area (Å²) in [5.41, 5.74) is 0. The first-order valence-corrected chi connectivity index (χ1v) is 7.48. The molecule has 6 nitrogen and oxygen atoms in total. The Morgan fingerprint density at radius 2 is 0.640 bits per heavy atom. The Balaban J connectivity index is -0.000000130. The fourth-order valence-electron chi connectivity index (χ4n) is 0.764. The Morgan fingerprint density at radius 1 is 0.520 bits per heavy atom. The molecule has 0 aliphatic rings. The van der Waals surface area contributed by atoms with Crippen molar-refractivity contribution < 1.29 is 47.1 Å². The maximum atomic E-state index is 10.2. The van der Waals surface area contributed by atoms with E-state index < -0.39 is 0 Å². The molecule has 0 aromatic rings. The Kier molecular flexibility index (Phi) is 21.0. The number of Topliss-reactive ketones (excluding diaryl/α,β-unsaturated/α-hetero) is 3. The third-order valence-corrected chi connectivity index (χ3v) is 3.50. The Labute approximate surface area is 172 Å². The van der Waals surface area contributed by atoms with Gasteiger partial charge in [-0.3, -0.25) is 14.4 Å². The van der Waals surface area contributed by atoms with Crippen LogP contribution in [0.4, 0.5) is 0 Å². The summed E-state index contributed by atoms with van der Waals surface area (Å²) in [6, 6.07) is 0. The number of aliphatic hydroxyl groups excluding tert-OH is 3. The topological polar surface area (TPSA) is 112 Å². The average molecular weight is 456 g/mol. The molecule has 0 aliphatic heterocycles. The third-order valence-electron chi connectivity index (χ3n) is 1.88. The summed E-state index contributed by atoms with van der Waals surface area (Å²) < 4.78 is 0. The van der Waals surface area contributed by atoms with Crippen molar-refractivity contribution in [1.29, 1.82) is 0 Å². The predicted molar refractivity (Wildman–Crippen MR) is 95.6 cm³/mol. The summed E-state index contributed by atoms with van der Waals surface area (Å²) in [6.45, 7) is 7.98. The predicted octanol–water partition coefficient (Wildman–Crippen LogP) is 4.81. The van der Waals surface area contributed by atoms with E-state index in [2.05, 4.69) is 0 Å². The second-order valence-electron chi connectivity index (χ2n) is 4.37. The quantitative estimate of drug-likeness (QED) is 0.416. The van der Waals surface area contributed by atoms with Gasteiger partial charge in [-0.15, -0.1) is 0 Å². The van der Waals surface area contributed by atoms with E-state index in [0.717, 1.165) is 0 Å². The van der Waals surface area contributed by atoms with Crippen LogP contribution in [-0.4, -0.2) is 32.7 Å². The van der Waals surface area contributed by atoms with E-state index in [-0.39, 0.29) is 67.1 Å². The maximum Gasteiger partial charge on any atom is 0.174 e. The molecule has 0 bridgehead atoms. The van der Waals surface area contributed by atoms with Crippen LogP contribution in [0.25, 0.3) is 0 Å². The van der Waals surface area contributed by atoms with E-state index in [0.29, 0.717) is 0 Å². The van der Waals surface area contributed by atoms with Gasteiger partial charge in [0, 0.05) is 38.1 Å². The number of carbonyl (C=O) groups is 3. The summed E-state index contributed by atoms with van der Waals surface area (Å²) in [7, 11) is 0. The van der Waals surface area contributed by atoms with Crippen LogP contribution in [0.3, 0.4) is 0 Å². The minimum atomic E-state index is -0.313. The zero-order valence-corrected chi connectivity index (χ0v) is 18.2. The normalized spacial score (nSPS) is 12.4. The van der Waals surface area contributed by atoms with Crippen molar-refractivity contribution in [2.75, 3.05) is 0 Å². The van der Waals surface area contributed by atoms with Crippen molar-refractivity contribution in [2.24, 2.45) is 0 Å². The van der Waals surface area contributed by atoms with Gasteiger partial charge in [0.2, 0.25) is 0 Å². The zero-order valence-electron chi connectivity index (χ0n) is 14.6. The smallest absolute Gasteiger partial charge is 0.174 e. The molecule has 0 aromatic heterocycles. The standard InChI is InChI=1S/3C5H7ClO2.Cr/c3*1-3(7)5(6)4(2)8;/h3*7H,1-2H3;/b3*5-3+;. The molecule has 0 unspecified atom stereocenters. The van der Waals surface area contributed by atoms with Gasteiger partial charge < -0.3 is 15.3 Å². The summed E-state index contributed by atoms with van der Waals surface area (Å²) in [6.07, 6.45) is 0. The van der Waals surface area contributed by atoms with Gasteiger partial charge in [-0.25, -0.2) is 0 Å². The van der Waals surface area contributed by atoms with Gasteiger partial charge in [0.05, 0.1) is 0 Å². The number of aliphatic hydroxyl groups is 3. The van der Waals surface area contributed by atoms with Crippen LogP contribution in [-0.2, 0) is 31.7 Å². The van der Waals surface area contributed by atoms with Crippen molar-refractivity contribution in [2.45, 2.75) is 41.5 Å². The second-order valence-corrected chi connectivity index (χ2v) is 5.50.